The Kier molecular flexibility index (Phi) is 4.10. The molecule has 0 saturated carbocycles. The van der Waals surface area contributed by atoms with E-state index in [4.69, 9.17) is 4.74 Å². The van der Waals surface area contributed by atoms with Crippen LogP contribution in [-0.2, 0) is 6.42 Å². The first kappa shape index (κ1) is 13.4. The van der Waals surface area contributed by atoms with E-state index in [9.17, 15) is 0 Å². The van der Waals surface area contributed by atoms with E-state index in [1.165, 1.54) is 19.6 Å². The highest BCUT2D eigenvalue weighted by Gasteiger charge is 2.21. The molecule has 0 spiro atoms. The molecule has 0 bridgehead atoms. The lowest BCUT2D eigenvalue weighted by molar-refractivity contribution is 0.283. The van der Waals surface area contributed by atoms with Gasteiger partial charge in [0, 0.05) is 5.56 Å². The number of rotatable bonds is 3. The predicted octanol–water partition coefficient (Wildman–Crippen LogP) is 3.99. The molecule has 1 atom stereocenters. The third kappa shape index (κ3) is 2.66. The van der Waals surface area contributed by atoms with Crippen LogP contribution in [0.25, 0.3) is 0 Å². The molecule has 1 aromatic heterocycles. The van der Waals surface area contributed by atoms with E-state index in [2.05, 4.69) is 57.6 Å². The van der Waals surface area contributed by atoms with Gasteiger partial charge in [-0.15, -0.1) is 11.3 Å². The lowest BCUT2D eigenvalue weighted by atomic mass is 9.95. The van der Waals surface area contributed by atoms with Crippen molar-refractivity contribution in [2.75, 3.05) is 13.7 Å². The molecule has 2 nitrogen and oxygen atoms in total. The largest absolute Gasteiger partial charge is 0.493 e. The summed E-state index contributed by atoms with van der Waals surface area (Å²) in [6.45, 7) is 0.835. The molecule has 100 valence electrons. The first-order valence-electron chi connectivity index (χ1n) is 6.45. The number of benzene rings is 1. The molecule has 3 rings (SSSR count). The Labute approximate surface area is 131 Å². The Morgan fingerprint density at radius 1 is 1.42 bits per heavy atom. The molecule has 0 fully saturated rings. The fraction of sp³-hybridized carbons (Fsp3) is 0.333. The van der Waals surface area contributed by atoms with Crippen molar-refractivity contribution in [1.82, 2.24) is 5.32 Å². The normalized spacial score (nSPS) is 15.7. The maximum Gasteiger partial charge on any atom is 0.127 e. The fourth-order valence-electron chi connectivity index (χ4n) is 2.62. The molecule has 0 radical (unpaired) electrons. The summed E-state index contributed by atoms with van der Waals surface area (Å²) in [6, 6.07) is 8.96. The molecular formula is C15H16INOS. The van der Waals surface area contributed by atoms with Crippen LogP contribution in [0, 0.1) is 2.88 Å². The van der Waals surface area contributed by atoms with Crippen LogP contribution >= 0.6 is 33.9 Å². The third-order valence-electron chi connectivity index (χ3n) is 3.48. The first-order chi connectivity index (χ1) is 9.29. The zero-order chi connectivity index (χ0) is 13.2. The summed E-state index contributed by atoms with van der Waals surface area (Å²) in [5.41, 5.74) is 3.92. The molecule has 1 N–H and O–H groups in total. The summed E-state index contributed by atoms with van der Waals surface area (Å²) in [4.78, 5) is 0. The molecule has 4 heteroatoms. The Bertz CT molecular complexity index is 581. The van der Waals surface area contributed by atoms with Crippen molar-refractivity contribution in [3.8, 4) is 5.75 Å². The van der Waals surface area contributed by atoms with Crippen LogP contribution in [0.4, 0.5) is 0 Å². The quantitative estimate of drug-likeness (QED) is 0.807. The number of nitrogens with one attached hydrogen (secondary N) is 1. The Hall–Kier alpha value is -0.590. The second-order valence-electron chi connectivity index (χ2n) is 4.69. The van der Waals surface area contributed by atoms with Gasteiger partial charge in [0.15, 0.2) is 0 Å². The Balaban J connectivity index is 2.04. The number of halogens is 1. The molecule has 1 unspecified atom stereocenters. The number of hydrogen-bond acceptors (Lipinski definition) is 3. The maximum absolute atomic E-state index is 5.93. The highest BCUT2D eigenvalue weighted by atomic mass is 127. The van der Waals surface area contributed by atoms with Gasteiger partial charge in [-0.2, -0.15) is 0 Å². The summed E-state index contributed by atoms with van der Waals surface area (Å²) in [7, 11) is 2.01. The predicted molar refractivity (Wildman–Crippen MR) is 88.2 cm³/mol. The van der Waals surface area contributed by atoms with Gasteiger partial charge < -0.3 is 10.1 Å². The lowest BCUT2D eigenvalue weighted by Gasteiger charge is -2.24. The number of hydrogen-bond donors (Lipinski definition) is 1. The molecule has 1 aromatic carbocycles. The van der Waals surface area contributed by atoms with E-state index in [1.54, 1.807) is 11.3 Å². The molecule has 0 saturated heterocycles. The van der Waals surface area contributed by atoms with E-state index in [-0.39, 0.29) is 6.04 Å². The molecule has 0 amide bonds. The monoisotopic (exact) mass is 385 g/mol. The number of thiophene rings is 1. The highest BCUT2D eigenvalue weighted by molar-refractivity contribution is 14.1. The minimum absolute atomic E-state index is 0.216. The SMILES string of the molecule is CNC(c1csc(I)c1)c1cccc2c1OCCC2. The molecule has 1 aliphatic heterocycles. The number of para-hydroxylation sites is 1. The van der Waals surface area contributed by atoms with Gasteiger partial charge in [0.2, 0.25) is 0 Å². The third-order valence-corrected chi connectivity index (χ3v) is 5.29. The van der Waals surface area contributed by atoms with Crippen LogP contribution in [0.2, 0.25) is 0 Å². The van der Waals surface area contributed by atoms with E-state index in [0.717, 1.165) is 25.2 Å². The average Bonchev–Trinajstić information content (AvgIpc) is 2.86. The number of ether oxygens (including phenoxy) is 1. The summed E-state index contributed by atoms with van der Waals surface area (Å²) in [5, 5.41) is 5.65. The second kappa shape index (κ2) is 5.81. The molecule has 2 aromatic rings. The Morgan fingerprint density at radius 2 is 2.32 bits per heavy atom. The molecule has 19 heavy (non-hydrogen) atoms. The minimum atomic E-state index is 0.216. The molecule has 1 aliphatic rings. The minimum Gasteiger partial charge on any atom is -0.493 e. The zero-order valence-corrected chi connectivity index (χ0v) is 13.8. The maximum atomic E-state index is 5.93. The Morgan fingerprint density at radius 3 is 3.05 bits per heavy atom. The van der Waals surface area contributed by atoms with Crippen molar-refractivity contribution in [3.63, 3.8) is 0 Å². The zero-order valence-electron chi connectivity index (χ0n) is 10.8. The van der Waals surface area contributed by atoms with Gasteiger partial charge in [0.05, 0.1) is 15.5 Å². The number of aryl methyl sites for hydroxylation is 1. The van der Waals surface area contributed by atoms with Crippen LogP contribution in [0.5, 0.6) is 5.75 Å². The van der Waals surface area contributed by atoms with Crippen LogP contribution in [0.3, 0.4) is 0 Å². The molecule has 2 heterocycles. The van der Waals surface area contributed by atoms with Gasteiger partial charge >= 0.3 is 0 Å². The molecule has 0 aliphatic carbocycles. The van der Waals surface area contributed by atoms with Crippen molar-refractivity contribution >= 4 is 33.9 Å². The van der Waals surface area contributed by atoms with Crippen LogP contribution in [0.15, 0.2) is 29.6 Å². The van der Waals surface area contributed by atoms with Crippen molar-refractivity contribution in [3.05, 3.63) is 49.2 Å². The second-order valence-corrected chi connectivity index (χ2v) is 7.50. The number of fused-ring (bicyclic) bond motifs is 1. The van der Waals surface area contributed by atoms with Crippen molar-refractivity contribution in [2.45, 2.75) is 18.9 Å². The van der Waals surface area contributed by atoms with Gasteiger partial charge in [-0.3, -0.25) is 0 Å². The smallest absolute Gasteiger partial charge is 0.127 e. The van der Waals surface area contributed by atoms with Gasteiger partial charge in [-0.05, 0) is 65.1 Å². The van der Waals surface area contributed by atoms with Crippen molar-refractivity contribution in [2.24, 2.45) is 0 Å². The summed E-state index contributed by atoms with van der Waals surface area (Å²) < 4.78 is 7.25. The molecular weight excluding hydrogens is 369 g/mol. The summed E-state index contributed by atoms with van der Waals surface area (Å²) >= 11 is 4.16. The van der Waals surface area contributed by atoms with Crippen LogP contribution in [-0.4, -0.2) is 13.7 Å². The van der Waals surface area contributed by atoms with Gasteiger partial charge in [0.1, 0.15) is 5.75 Å². The fourth-order valence-corrected chi connectivity index (χ4v) is 4.02. The van der Waals surface area contributed by atoms with Gasteiger partial charge in [-0.25, -0.2) is 0 Å². The van der Waals surface area contributed by atoms with Gasteiger partial charge in [-0.1, -0.05) is 18.2 Å². The summed E-state index contributed by atoms with van der Waals surface area (Å²) in [6.07, 6.45) is 2.25. The highest BCUT2D eigenvalue weighted by Crippen LogP contribution is 2.36. The lowest BCUT2D eigenvalue weighted by Crippen LogP contribution is -2.20. The first-order valence-corrected chi connectivity index (χ1v) is 8.41. The van der Waals surface area contributed by atoms with Gasteiger partial charge in [0.25, 0.3) is 0 Å². The topological polar surface area (TPSA) is 21.3 Å². The van der Waals surface area contributed by atoms with E-state index >= 15 is 0 Å². The standard InChI is InChI=1S/C15H16INOS/c1-17-14(11-8-13(16)19-9-11)12-6-2-4-10-5-3-7-18-15(10)12/h2,4,6,8-9,14,17H,3,5,7H2,1H3. The van der Waals surface area contributed by atoms with E-state index in [1.807, 2.05) is 7.05 Å². The van der Waals surface area contributed by atoms with Crippen molar-refractivity contribution in [1.29, 1.82) is 0 Å². The van der Waals surface area contributed by atoms with Crippen LogP contribution in [0.1, 0.15) is 29.2 Å². The van der Waals surface area contributed by atoms with E-state index < -0.39 is 0 Å². The summed E-state index contributed by atoms with van der Waals surface area (Å²) in [5.74, 6) is 1.09. The van der Waals surface area contributed by atoms with E-state index in [0.29, 0.717) is 0 Å². The van der Waals surface area contributed by atoms with Crippen molar-refractivity contribution < 1.29 is 4.74 Å². The average molecular weight is 385 g/mol. The van der Waals surface area contributed by atoms with Crippen LogP contribution < -0.4 is 10.1 Å².